The van der Waals surface area contributed by atoms with Crippen LogP contribution in [-0.4, -0.2) is 78.4 Å². The van der Waals surface area contributed by atoms with Crippen molar-refractivity contribution in [2.45, 2.75) is 24.7 Å². The molecule has 19 heavy (non-hydrogen) atoms. The molecule has 0 bridgehead atoms. The summed E-state index contributed by atoms with van der Waals surface area (Å²) in [6.45, 7) is 0.563. The van der Waals surface area contributed by atoms with Crippen LogP contribution in [0.1, 0.15) is 6.42 Å². The van der Waals surface area contributed by atoms with Crippen LogP contribution >= 0.6 is 0 Å². The molecule has 0 aromatic carbocycles. The Labute approximate surface area is 109 Å². The zero-order valence-corrected chi connectivity index (χ0v) is 10.5. The van der Waals surface area contributed by atoms with Gasteiger partial charge in [-0.3, -0.25) is 9.69 Å². The Morgan fingerprint density at radius 1 is 1.26 bits per heavy atom. The molecule has 110 valence electrons. The second-order valence-corrected chi connectivity index (χ2v) is 5.07. The Hall–Kier alpha value is -0.860. The minimum Gasteiger partial charge on any atom is -0.392 e. The van der Waals surface area contributed by atoms with Crippen LogP contribution in [0.5, 0.6) is 0 Å². The van der Waals surface area contributed by atoms with E-state index in [0.717, 1.165) is 0 Å². The number of β-amino-alcohol motifs (C(OH)–C–C–N with tert-alkyl or cyclic N) is 1. The molecule has 2 N–H and O–H groups in total. The highest BCUT2D eigenvalue weighted by Gasteiger charge is 2.35. The maximum absolute atomic E-state index is 12.2. The van der Waals surface area contributed by atoms with Gasteiger partial charge in [-0.05, 0) is 6.42 Å². The van der Waals surface area contributed by atoms with E-state index in [1.54, 1.807) is 4.90 Å². The average molecular weight is 281 g/mol. The third-order valence-electron chi connectivity index (χ3n) is 3.49. The van der Waals surface area contributed by atoms with Crippen LogP contribution in [0.15, 0.2) is 0 Å². The van der Waals surface area contributed by atoms with Crippen LogP contribution in [0.4, 0.5) is 13.2 Å². The molecule has 0 radical (unpaired) electrons. The number of nitrogens with zero attached hydrogens (tertiary/aromatic N) is 2. The van der Waals surface area contributed by atoms with Crippen molar-refractivity contribution in [2.75, 3.05) is 39.3 Å². The topological polar surface area (TPSA) is 55.8 Å². The van der Waals surface area contributed by atoms with Gasteiger partial charge in [-0.2, -0.15) is 13.2 Å². The second kappa shape index (κ2) is 5.64. The fourth-order valence-electron chi connectivity index (χ4n) is 2.51. The van der Waals surface area contributed by atoms with Gasteiger partial charge in [-0.15, -0.1) is 0 Å². The standard InChI is InChI=1S/C11H18F3N3O2/c12-11(13,14)7-16-1-3-17(4-2-16)10(19)9-5-8(18)6-15-9/h8-9,15,18H,1-7H2/t8-,9+/m1/s1. The van der Waals surface area contributed by atoms with Crippen molar-refractivity contribution in [3.8, 4) is 0 Å². The van der Waals surface area contributed by atoms with E-state index in [1.807, 2.05) is 0 Å². The number of nitrogens with one attached hydrogen (secondary N) is 1. The fourth-order valence-corrected chi connectivity index (χ4v) is 2.51. The van der Waals surface area contributed by atoms with Gasteiger partial charge in [0.1, 0.15) is 0 Å². The van der Waals surface area contributed by atoms with E-state index in [9.17, 15) is 23.1 Å². The number of halogens is 3. The molecular weight excluding hydrogens is 263 g/mol. The number of carbonyl (C=O) groups is 1. The van der Waals surface area contributed by atoms with Crippen LogP contribution in [0.2, 0.25) is 0 Å². The first-order valence-electron chi connectivity index (χ1n) is 6.34. The SMILES string of the molecule is O=C([C@@H]1C[C@@H](O)CN1)N1CCN(CC(F)(F)F)CC1. The lowest BCUT2D eigenvalue weighted by Crippen LogP contribution is -2.54. The van der Waals surface area contributed by atoms with E-state index in [0.29, 0.717) is 26.1 Å². The number of alkyl halides is 3. The molecule has 0 unspecified atom stereocenters. The van der Waals surface area contributed by atoms with Crippen LogP contribution < -0.4 is 5.32 Å². The summed E-state index contributed by atoms with van der Waals surface area (Å²) < 4.78 is 36.7. The van der Waals surface area contributed by atoms with E-state index in [-0.39, 0.29) is 19.0 Å². The third kappa shape index (κ3) is 4.05. The molecule has 8 heteroatoms. The molecule has 0 aromatic heterocycles. The number of aliphatic hydroxyl groups is 1. The summed E-state index contributed by atoms with van der Waals surface area (Å²) in [5, 5.41) is 12.3. The van der Waals surface area contributed by atoms with Crippen LogP contribution in [0.3, 0.4) is 0 Å². The zero-order valence-electron chi connectivity index (χ0n) is 10.5. The Bertz CT molecular complexity index is 330. The first-order valence-corrected chi connectivity index (χ1v) is 6.34. The largest absolute Gasteiger partial charge is 0.401 e. The van der Waals surface area contributed by atoms with E-state index in [4.69, 9.17) is 0 Å². The number of rotatable bonds is 2. The minimum absolute atomic E-state index is 0.122. The fraction of sp³-hybridized carbons (Fsp3) is 0.909. The van der Waals surface area contributed by atoms with Crippen molar-refractivity contribution in [3.05, 3.63) is 0 Å². The van der Waals surface area contributed by atoms with Crippen LogP contribution in [0.25, 0.3) is 0 Å². The van der Waals surface area contributed by atoms with Gasteiger partial charge in [0.15, 0.2) is 0 Å². The minimum atomic E-state index is -4.19. The lowest BCUT2D eigenvalue weighted by Gasteiger charge is -2.36. The summed E-state index contributed by atoms with van der Waals surface area (Å²) >= 11 is 0. The lowest BCUT2D eigenvalue weighted by molar-refractivity contribution is -0.152. The second-order valence-electron chi connectivity index (χ2n) is 5.07. The van der Waals surface area contributed by atoms with E-state index < -0.39 is 24.9 Å². The van der Waals surface area contributed by atoms with Crippen molar-refractivity contribution in [2.24, 2.45) is 0 Å². The summed E-state index contributed by atoms with van der Waals surface area (Å²) in [6.07, 6.45) is -4.33. The number of aliphatic hydroxyl groups excluding tert-OH is 1. The number of hydrogen-bond donors (Lipinski definition) is 2. The van der Waals surface area contributed by atoms with Crippen molar-refractivity contribution in [3.63, 3.8) is 0 Å². The van der Waals surface area contributed by atoms with Gasteiger partial charge in [-0.1, -0.05) is 0 Å². The summed E-state index contributed by atoms with van der Waals surface area (Å²) in [4.78, 5) is 14.9. The molecule has 2 atom stereocenters. The van der Waals surface area contributed by atoms with Gasteiger partial charge in [0, 0.05) is 32.7 Å². The molecule has 0 aliphatic carbocycles. The Balaban J connectivity index is 1.78. The third-order valence-corrected chi connectivity index (χ3v) is 3.49. The number of amides is 1. The molecule has 2 aliphatic rings. The van der Waals surface area contributed by atoms with Gasteiger partial charge in [0.2, 0.25) is 5.91 Å². The summed E-state index contributed by atoms with van der Waals surface area (Å²) in [7, 11) is 0. The molecular formula is C11H18F3N3O2. The van der Waals surface area contributed by atoms with Gasteiger partial charge in [0.25, 0.3) is 0 Å². The Morgan fingerprint density at radius 2 is 1.89 bits per heavy atom. The molecule has 1 amide bonds. The van der Waals surface area contributed by atoms with Crippen molar-refractivity contribution >= 4 is 5.91 Å². The van der Waals surface area contributed by atoms with Crippen molar-refractivity contribution in [1.82, 2.24) is 15.1 Å². The quantitative estimate of drug-likeness (QED) is 0.711. The Kier molecular flexibility index (Phi) is 4.32. The van der Waals surface area contributed by atoms with Crippen molar-refractivity contribution < 1.29 is 23.1 Å². The zero-order chi connectivity index (χ0) is 14.0. The highest BCUT2D eigenvalue weighted by Crippen LogP contribution is 2.18. The van der Waals surface area contributed by atoms with E-state index in [1.165, 1.54) is 4.90 Å². The van der Waals surface area contributed by atoms with Gasteiger partial charge < -0.3 is 15.3 Å². The summed E-state index contributed by atoms with van der Waals surface area (Å²) in [5.41, 5.74) is 0. The average Bonchev–Trinajstić information content (AvgIpc) is 2.74. The van der Waals surface area contributed by atoms with Crippen LogP contribution in [-0.2, 0) is 4.79 Å². The number of piperazine rings is 1. The molecule has 0 aromatic rings. The van der Waals surface area contributed by atoms with Crippen LogP contribution in [0, 0.1) is 0 Å². The van der Waals surface area contributed by atoms with Gasteiger partial charge in [0.05, 0.1) is 18.7 Å². The van der Waals surface area contributed by atoms with Gasteiger partial charge >= 0.3 is 6.18 Å². The maximum Gasteiger partial charge on any atom is 0.401 e. The normalized spacial score (nSPS) is 29.8. The summed E-state index contributed by atoms with van der Waals surface area (Å²) in [6, 6.07) is -0.399. The summed E-state index contributed by atoms with van der Waals surface area (Å²) in [5.74, 6) is -0.122. The van der Waals surface area contributed by atoms with Gasteiger partial charge in [-0.25, -0.2) is 0 Å². The lowest BCUT2D eigenvalue weighted by atomic mass is 10.1. The maximum atomic E-state index is 12.2. The smallest absolute Gasteiger partial charge is 0.392 e. The molecule has 2 aliphatic heterocycles. The molecule has 0 spiro atoms. The molecule has 0 saturated carbocycles. The Morgan fingerprint density at radius 3 is 2.37 bits per heavy atom. The first-order chi connectivity index (χ1) is 8.85. The highest BCUT2D eigenvalue weighted by molar-refractivity contribution is 5.82. The van der Waals surface area contributed by atoms with E-state index in [2.05, 4.69) is 5.32 Å². The first kappa shape index (κ1) is 14.5. The van der Waals surface area contributed by atoms with E-state index >= 15 is 0 Å². The van der Waals surface area contributed by atoms with Crippen molar-refractivity contribution in [1.29, 1.82) is 0 Å². The molecule has 2 heterocycles. The molecule has 2 fully saturated rings. The monoisotopic (exact) mass is 281 g/mol. The number of carbonyl (C=O) groups excluding carboxylic acids is 1. The highest BCUT2D eigenvalue weighted by atomic mass is 19.4. The molecule has 2 rings (SSSR count). The molecule has 2 saturated heterocycles. The predicted octanol–water partition coefficient (Wildman–Crippen LogP) is -0.584. The number of hydrogen-bond acceptors (Lipinski definition) is 4. The molecule has 5 nitrogen and oxygen atoms in total. The predicted molar refractivity (Wildman–Crippen MR) is 61.5 cm³/mol.